The maximum absolute atomic E-state index is 11.1. The van der Waals surface area contributed by atoms with Crippen LogP contribution in [0.1, 0.15) is 6.92 Å². The number of carbonyl (C=O) groups is 2. The lowest BCUT2D eigenvalue weighted by molar-refractivity contribution is -0.138. The minimum atomic E-state index is -0.577. The third-order valence-corrected chi connectivity index (χ3v) is 1.82. The number of halogens is 1. The van der Waals surface area contributed by atoms with E-state index in [9.17, 15) is 9.59 Å². The summed E-state index contributed by atoms with van der Waals surface area (Å²) in [7, 11) is 2.50. The molecule has 0 aromatic rings. The first-order valence-corrected chi connectivity index (χ1v) is 4.46. The molecule has 0 aliphatic heterocycles. The molecule has 0 bridgehead atoms. The monoisotopic (exact) mass is 250 g/mol. The van der Waals surface area contributed by atoms with Crippen molar-refractivity contribution in [1.82, 2.24) is 0 Å². The molecule has 0 amide bonds. The highest BCUT2D eigenvalue weighted by molar-refractivity contribution is 9.09. The summed E-state index contributed by atoms with van der Waals surface area (Å²) in [5.41, 5.74) is 0.231. The van der Waals surface area contributed by atoms with Crippen molar-refractivity contribution in [3.63, 3.8) is 0 Å². The highest BCUT2D eigenvalue weighted by atomic mass is 79.9. The van der Waals surface area contributed by atoms with E-state index in [2.05, 4.69) is 25.4 Å². The summed E-state index contributed by atoms with van der Waals surface area (Å²) >= 11 is 3.16. The van der Waals surface area contributed by atoms with E-state index in [4.69, 9.17) is 0 Å². The van der Waals surface area contributed by atoms with Crippen LogP contribution in [0, 0.1) is 0 Å². The van der Waals surface area contributed by atoms with Crippen molar-refractivity contribution in [2.75, 3.05) is 14.2 Å². The van der Waals surface area contributed by atoms with E-state index in [1.165, 1.54) is 14.2 Å². The van der Waals surface area contributed by atoms with Crippen LogP contribution in [-0.2, 0) is 19.1 Å². The van der Waals surface area contributed by atoms with E-state index < -0.39 is 11.9 Å². The summed E-state index contributed by atoms with van der Waals surface area (Å²) in [5.74, 6) is -1.12. The predicted molar refractivity (Wildman–Crippen MR) is 50.5 cm³/mol. The first-order valence-electron chi connectivity index (χ1n) is 3.54. The van der Waals surface area contributed by atoms with Crippen molar-refractivity contribution in [3.8, 4) is 0 Å². The molecule has 0 saturated carbocycles. The second-order valence-corrected chi connectivity index (χ2v) is 3.60. The van der Waals surface area contributed by atoms with Gasteiger partial charge in [-0.1, -0.05) is 15.9 Å². The SMILES string of the molecule is COC(=O)/C=C(/C(=O)OC)C(C)Br. The number of esters is 2. The van der Waals surface area contributed by atoms with Crippen LogP contribution in [0.15, 0.2) is 11.6 Å². The van der Waals surface area contributed by atoms with Crippen molar-refractivity contribution >= 4 is 27.9 Å². The summed E-state index contributed by atoms with van der Waals surface area (Å²) in [6.07, 6.45) is 1.10. The van der Waals surface area contributed by atoms with Gasteiger partial charge in [0, 0.05) is 10.9 Å². The summed E-state index contributed by atoms with van der Waals surface area (Å²) in [6.45, 7) is 1.71. The van der Waals surface area contributed by atoms with Crippen molar-refractivity contribution in [3.05, 3.63) is 11.6 Å². The number of ether oxygens (including phenoxy) is 2. The highest BCUT2D eigenvalue weighted by Crippen LogP contribution is 2.12. The van der Waals surface area contributed by atoms with Crippen LogP contribution < -0.4 is 0 Å². The second kappa shape index (κ2) is 5.75. The van der Waals surface area contributed by atoms with Crippen molar-refractivity contribution in [2.45, 2.75) is 11.8 Å². The van der Waals surface area contributed by atoms with Crippen molar-refractivity contribution in [1.29, 1.82) is 0 Å². The Kier molecular flexibility index (Phi) is 5.37. The highest BCUT2D eigenvalue weighted by Gasteiger charge is 2.16. The van der Waals surface area contributed by atoms with Gasteiger partial charge in [-0.25, -0.2) is 9.59 Å². The van der Waals surface area contributed by atoms with Gasteiger partial charge in [0.05, 0.1) is 19.8 Å². The molecule has 0 spiro atoms. The Morgan fingerprint density at radius 2 is 1.85 bits per heavy atom. The van der Waals surface area contributed by atoms with Gasteiger partial charge in [0.15, 0.2) is 0 Å². The molecule has 1 unspecified atom stereocenters. The Hall–Kier alpha value is -0.840. The van der Waals surface area contributed by atoms with Crippen LogP contribution >= 0.6 is 15.9 Å². The zero-order valence-corrected chi connectivity index (χ0v) is 9.25. The number of carbonyl (C=O) groups excluding carboxylic acids is 2. The number of rotatable bonds is 3. The van der Waals surface area contributed by atoms with Crippen LogP contribution in [0.3, 0.4) is 0 Å². The molecule has 0 rings (SSSR count). The summed E-state index contributed by atoms with van der Waals surface area (Å²) < 4.78 is 8.86. The van der Waals surface area contributed by atoms with E-state index in [0.717, 1.165) is 6.08 Å². The Balaban J connectivity index is 4.70. The lowest BCUT2D eigenvalue weighted by atomic mass is 10.2. The Bertz CT molecular complexity index is 232. The van der Waals surface area contributed by atoms with E-state index in [0.29, 0.717) is 0 Å². The maximum Gasteiger partial charge on any atom is 0.335 e. The summed E-state index contributed by atoms with van der Waals surface area (Å²) in [6, 6.07) is 0. The predicted octanol–water partition coefficient (Wildman–Crippen LogP) is 1.04. The van der Waals surface area contributed by atoms with Gasteiger partial charge in [-0.3, -0.25) is 0 Å². The normalized spacial score (nSPS) is 13.4. The third-order valence-electron chi connectivity index (χ3n) is 1.32. The summed E-state index contributed by atoms with van der Waals surface area (Å²) in [4.78, 5) is 21.6. The molecule has 0 aromatic carbocycles. The van der Waals surface area contributed by atoms with Gasteiger partial charge < -0.3 is 9.47 Å². The molecule has 74 valence electrons. The molecule has 0 saturated heterocycles. The van der Waals surface area contributed by atoms with Crippen molar-refractivity contribution in [2.24, 2.45) is 0 Å². The second-order valence-electron chi connectivity index (χ2n) is 2.23. The van der Waals surface area contributed by atoms with E-state index in [1.807, 2.05) is 0 Å². The van der Waals surface area contributed by atoms with Gasteiger partial charge in [-0.15, -0.1) is 0 Å². The topological polar surface area (TPSA) is 52.6 Å². The van der Waals surface area contributed by atoms with Crippen LogP contribution in [0.5, 0.6) is 0 Å². The number of hydrogen-bond donors (Lipinski definition) is 0. The standard InChI is InChI=1S/C8H11BrO4/c1-5(9)6(8(11)13-3)4-7(10)12-2/h4-5H,1-3H3/b6-4+. The van der Waals surface area contributed by atoms with Crippen LogP contribution in [0.25, 0.3) is 0 Å². The Morgan fingerprint density at radius 3 is 2.15 bits per heavy atom. The van der Waals surface area contributed by atoms with Crippen LogP contribution in [-0.4, -0.2) is 31.0 Å². The molecular formula is C8H11BrO4. The quantitative estimate of drug-likeness (QED) is 0.427. The number of methoxy groups -OCH3 is 2. The van der Waals surface area contributed by atoms with Gasteiger partial charge in [-0.2, -0.15) is 0 Å². The molecule has 0 aromatic heterocycles. The van der Waals surface area contributed by atoms with E-state index in [-0.39, 0.29) is 10.4 Å². The summed E-state index contributed by atoms with van der Waals surface area (Å²) in [5, 5.41) is 0. The zero-order chi connectivity index (χ0) is 10.4. The van der Waals surface area contributed by atoms with E-state index >= 15 is 0 Å². The minimum Gasteiger partial charge on any atom is -0.466 e. The van der Waals surface area contributed by atoms with Gasteiger partial charge >= 0.3 is 11.9 Å². The fourth-order valence-electron chi connectivity index (χ4n) is 0.640. The van der Waals surface area contributed by atoms with Crippen LogP contribution in [0.4, 0.5) is 0 Å². The van der Waals surface area contributed by atoms with Gasteiger partial charge in [0.1, 0.15) is 0 Å². The molecule has 0 fully saturated rings. The first kappa shape index (κ1) is 12.2. The lowest BCUT2D eigenvalue weighted by Crippen LogP contribution is -2.14. The molecular weight excluding hydrogens is 240 g/mol. The Labute approximate surface area is 85.0 Å². The average molecular weight is 251 g/mol. The average Bonchev–Trinajstić information content (AvgIpc) is 2.11. The van der Waals surface area contributed by atoms with Gasteiger partial charge in [0.2, 0.25) is 0 Å². The minimum absolute atomic E-state index is 0.231. The van der Waals surface area contributed by atoms with E-state index in [1.54, 1.807) is 6.92 Å². The first-order chi connectivity index (χ1) is 6.02. The molecule has 0 aliphatic carbocycles. The molecule has 0 radical (unpaired) electrons. The fourth-order valence-corrected chi connectivity index (χ4v) is 0.959. The molecule has 0 heterocycles. The van der Waals surface area contributed by atoms with Crippen molar-refractivity contribution < 1.29 is 19.1 Å². The number of hydrogen-bond acceptors (Lipinski definition) is 4. The smallest absolute Gasteiger partial charge is 0.335 e. The van der Waals surface area contributed by atoms with Gasteiger partial charge in [-0.05, 0) is 6.92 Å². The maximum atomic E-state index is 11.1. The molecule has 13 heavy (non-hydrogen) atoms. The largest absolute Gasteiger partial charge is 0.466 e. The van der Waals surface area contributed by atoms with Crippen LogP contribution in [0.2, 0.25) is 0 Å². The molecule has 0 N–H and O–H groups in total. The molecule has 1 atom stereocenters. The van der Waals surface area contributed by atoms with Gasteiger partial charge in [0.25, 0.3) is 0 Å². The Morgan fingerprint density at radius 1 is 1.31 bits per heavy atom. The molecule has 0 aliphatic rings. The third kappa shape index (κ3) is 4.07. The molecule has 4 nitrogen and oxygen atoms in total. The number of alkyl halides is 1. The fraction of sp³-hybridized carbons (Fsp3) is 0.500. The zero-order valence-electron chi connectivity index (χ0n) is 7.67. The molecule has 5 heteroatoms. The lowest BCUT2D eigenvalue weighted by Gasteiger charge is -2.06.